The number of rotatable bonds is 15. The molecule has 0 spiro atoms. The maximum atomic E-state index is 14.3. The Kier molecular flexibility index (Phi) is 15.1. The largest absolute Gasteiger partial charge is 0.497 e. The number of carbonyl (C=O) groups is 5. The topological polar surface area (TPSA) is 134 Å². The summed E-state index contributed by atoms with van der Waals surface area (Å²) in [6.07, 6.45) is 6.47. The molecule has 3 aliphatic rings. The Morgan fingerprint density at radius 1 is 0.719 bits per heavy atom. The van der Waals surface area contributed by atoms with Crippen molar-refractivity contribution >= 4 is 41.4 Å². The second-order valence-electron chi connectivity index (χ2n) is 15.4. The number of nitrogens with zero attached hydrogens (tertiary/aromatic N) is 2. The summed E-state index contributed by atoms with van der Waals surface area (Å²) in [5, 5.41) is 6.11. The van der Waals surface area contributed by atoms with E-state index in [2.05, 4.69) is 10.6 Å². The lowest BCUT2D eigenvalue weighted by Crippen LogP contribution is -2.57. The molecule has 0 unspecified atom stereocenters. The zero-order chi connectivity index (χ0) is 40.1. The molecule has 0 aliphatic carbocycles. The summed E-state index contributed by atoms with van der Waals surface area (Å²) in [5.74, 6) is -0.877. The van der Waals surface area contributed by atoms with Crippen LogP contribution in [0.25, 0.3) is 0 Å². The predicted molar refractivity (Wildman–Crippen MR) is 220 cm³/mol. The lowest BCUT2D eigenvalue weighted by atomic mass is 9.86. The second kappa shape index (κ2) is 20.5. The van der Waals surface area contributed by atoms with E-state index in [1.165, 1.54) is 7.11 Å². The van der Waals surface area contributed by atoms with Gasteiger partial charge < -0.3 is 29.9 Å². The highest BCUT2D eigenvalue weighted by Gasteiger charge is 2.44. The van der Waals surface area contributed by atoms with E-state index in [0.717, 1.165) is 48.1 Å². The van der Waals surface area contributed by atoms with Crippen molar-refractivity contribution in [3.8, 4) is 5.75 Å². The van der Waals surface area contributed by atoms with E-state index >= 15 is 0 Å². The number of nitrogens with one attached hydrogen (secondary N) is 2. The Hall–Kier alpha value is -4.84. The normalized spacial score (nSPS) is 22.3. The number of hydrogen-bond donors (Lipinski definition) is 2. The van der Waals surface area contributed by atoms with Gasteiger partial charge in [-0.15, -0.1) is 11.8 Å². The van der Waals surface area contributed by atoms with Gasteiger partial charge in [0.05, 0.1) is 19.6 Å². The van der Waals surface area contributed by atoms with E-state index in [-0.39, 0.29) is 29.0 Å². The van der Waals surface area contributed by atoms with E-state index in [1.807, 2.05) is 89.8 Å². The van der Waals surface area contributed by atoms with Gasteiger partial charge in [0, 0.05) is 24.9 Å². The Morgan fingerprint density at radius 3 is 1.95 bits per heavy atom. The highest BCUT2D eigenvalue weighted by molar-refractivity contribution is 7.99. The fraction of sp³-hybridized carbons (Fsp3) is 0.489. The third-order valence-electron chi connectivity index (χ3n) is 11.5. The number of thioether (sulfide) groups is 1. The van der Waals surface area contributed by atoms with Gasteiger partial charge in [0.25, 0.3) is 0 Å². The zero-order valence-electron chi connectivity index (χ0n) is 33.1. The van der Waals surface area contributed by atoms with E-state index < -0.39 is 35.9 Å². The first-order valence-electron chi connectivity index (χ1n) is 20.4. The van der Waals surface area contributed by atoms with Crippen molar-refractivity contribution in [2.24, 2.45) is 11.8 Å². The summed E-state index contributed by atoms with van der Waals surface area (Å²) in [5.41, 5.74) is 2.93. The van der Waals surface area contributed by atoms with Gasteiger partial charge >= 0.3 is 5.97 Å². The second-order valence-corrected chi connectivity index (χ2v) is 16.7. The van der Waals surface area contributed by atoms with Crippen LogP contribution in [0.3, 0.4) is 0 Å². The molecule has 3 aliphatic heterocycles. The zero-order valence-corrected chi connectivity index (χ0v) is 33.9. The molecule has 12 heteroatoms. The molecule has 6 rings (SSSR count). The van der Waals surface area contributed by atoms with E-state index in [1.54, 1.807) is 23.8 Å². The lowest BCUT2D eigenvalue weighted by Gasteiger charge is -2.40. The van der Waals surface area contributed by atoms with Gasteiger partial charge in [0.1, 0.15) is 23.9 Å². The van der Waals surface area contributed by atoms with Crippen molar-refractivity contribution in [2.45, 2.75) is 101 Å². The number of methoxy groups -OCH3 is 2. The van der Waals surface area contributed by atoms with Crippen LogP contribution in [-0.4, -0.2) is 89.4 Å². The number of fused-ring (bicyclic) bond motifs is 1. The van der Waals surface area contributed by atoms with Crippen LogP contribution in [0.1, 0.15) is 74.5 Å². The summed E-state index contributed by atoms with van der Waals surface area (Å²) in [6.45, 7) is 1.03. The number of likely N-dealkylation sites (tertiary alicyclic amines) is 1. The molecule has 304 valence electrons. The molecule has 57 heavy (non-hydrogen) atoms. The molecule has 3 fully saturated rings. The third-order valence-corrected chi connectivity index (χ3v) is 12.8. The molecule has 0 bridgehead atoms. The standard InChI is InChI=1S/C45H56N4O7S/c1-55-36-18-11-17-33(29-36)30-48-25-10-9-19-37(43(48)52)46-41(50)34(27-31-13-5-3-6-14-31)22-23-35(28-32-15-7-4-8-16-32)42(51)47-38-24-26-57-40-21-12-20-39(45(54)56-2)49(40)44(38)53/h3-8,11,13-18,29,34-35,37-40H,9-10,12,19-28,30H2,1-2H3,(H,46,50)(H,47,51)/t34-,35-,37+,38+,39+,40+/m1/s1. The smallest absolute Gasteiger partial charge is 0.328 e. The van der Waals surface area contributed by atoms with Crippen LogP contribution in [0.2, 0.25) is 0 Å². The number of benzene rings is 3. The van der Waals surface area contributed by atoms with Crippen LogP contribution < -0.4 is 15.4 Å². The molecule has 3 aromatic rings. The van der Waals surface area contributed by atoms with Crippen molar-refractivity contribution in [3.63, 3.8) is 0 Å². The molecule has 3 aromatic carbocycles. The van der Waals surface area contributed by atoms with E-state index in [4.69, 9.17) is 9.47 Å². The van der Waals surface area contributed by atoms with Crippen LogP contribution in [0.15, 0.2) is 84.9 Å². The van der Waals surface area contributed by atoms with Crippen LogP contribution in [0.5, 0.6) is 5.75 Å². The van der Waals surface area contributed by atoms with Crippen LogP contribution in [0.4, 0.5) is 0 Å². The predicted octanol–water partition coefficient (Wildman–Crippen LogP) is 5.69. The minimum atomic E-state index is -0.775. The molecule has 3 saturated heterocycles. The summed E-state index contributed by atoms with van der Waals surface area (Å²) in [4.78, 5) is 72.9. The lowest BCUT2D eigenvalue weighted by molar-refractivity contribution is -0.156. The van der Waals surface area contributed by atoms with Gasteiger partial charge in [-0.25, -0.2) is 4.79 Å². The Bertz CT molecular complexity index is 1830. The highest BCUT2D eigenvalue weighted by Crippen LogP contribution is 2.35. The van der Waals surface area contributed by atoms with Gasteiger partial charge in [-0.2, -0.15) is 0 Å². The van der Waals surface area contributed by atoms with Crippen molar-refractivity contribution in [1.29, 1.82) is 0 Å². The number of ether oxygens (including phenoxy) is 2. The van der Waals surface area contributed by atoms with Gasteiger partial charge in [-0.3, -0.25) is 19.2 Å². The van der Waals surface area contributed by atoms with Gasteiger partial charge in [-0.05, 0) is 105 Å². The SMILES string of the molecule is COC(=O)[C@@H]1CCC[C@@H]2SCC[C@H](NC(=O)[C@H](CC[C@H](Cc3ccccc3)C(=O)N[C@H]3CCCCN(Cc4cccc(OC)c4)C3=O)Cc3ccccc3)C(=O)N21. The average molecular weight is 797 g/mol. The molecule has 0 aromatic heterocycles. The molecule has 0 saturated carbocycles. The minimum absolute atomic E-state index is 0.0972. The molecular weight excluding hydrogens is 741 g/mol. The first kappa shape index (κ1) is 41.8. The van der Waals surface area contributed by atoms with Crippen molar-refractivity contribution < 1.29 is 33.4 Å². The molecule has 3 heterocycles. The number of carbonyl (C=O) groups excluding carboxylic acids is 5. The number of hydrogen-bond acceptors (Lipinski definition) is 8. The number of piperidine rings is 1. The summed E-state index contributed by atoms with van der Waals surface area (Å²) >= 11 is 1.65. The molecular formula is C45H56N4O7S. The maximum absolute atomic E-state index is 14.3. The fourth-order valence-corrected chi connectivity index (χ4v) is 9.76. The molecule has 4 amide bonds. The Morgan fingerprint density at radius 2 is 1.33 bits per heavy atom. The number of amides is 4. The summed E-state index contributed by atoms with van der Waals surface area (Å²) in [7, 11) is 2.96. The van der Waals surface area contributed by atoms with Crippen LogP contribution in [-0.2, 0) is 48.1 Å². The van der Waals surface area contributed by atoms with Crippen molar-refractivity contribution in [3.05, 3.63) is 102 Å². The molecule has 0 radical (unpaired) electrons. The summed E-state index contributed by atoms with van der Waals surface area (Å²) in [6, 6.07) is 25.2. The first-order chi connectivity index (χ1) is 27.7. The summed E-state index contributed by atoms with van der Waals surface area (Å²) < 4.78 is 10.5. The van der Waals surface area contributed by atoms with Gasteiger partial charge in [-0.1, -0.05) is 72.8 Å². The highest BCUT2D eigenvalue weighted by atomic mass is 32.2. The molecule has 6 atom stereocenters. The fourth-order valence-electron chi connectivity index (χ4n) is 8.37. The maximum Gasteiger partial charge on any atom is 0.328 e. The van der Waals surface area contributed by atoms with Crippen molar-refractivity contribution in [1.82, 2.24) is 20.4 Å². The first-order valence-corrected chi connectivity index (χ1v) is 21.4. The Labute approximate surface area is 340 Å². The Balaban J connectivity index is 1.18. The van der Waals surface area contributed by atoms with Crippen molar-refractivity contribution in [2.75, 3.05) is 26.5 Å². The minimum Gasteiger partial charge on any atom is -0.497 e. The monoisotopic (exact) mass is 796 g/mol. The van der Waals surface area contributed by atoms with Crippen LogP contribution >= 0.6 is 11.8 Å². The van der Waals surface area contributed by atoms with Gasteiger partial charge in [0.15, 0.2) is 0 Å². The molecule has 11 nitrogen and oxygen atoms in total. The van der Waals surface area contributed by atoms with E-state index in [9.17, 15) is 24.0 Å². The molecule has 2 N–H and O–H groups in total. The van der Waals surface area contributed by atoms with E-state index in [0.29, 0.717) is 63.8 Å². The quantitative estimate of drug-likeness (QED) is 0.188. The third kappa shape index (κ3) is 11.2. The number of esters is 1. The van der Waals surface area contributed by atoms with Crippen LogP contribution in [0, 0.1) is 11.8 Å². The average Bonchev–Trinajstić information content (AvgIpc) is 3.51. The van der Waals surface area contributed by atoms with Gasteiger partial charge in [0.2, 0.25) is 23.6 Å².